The number of sulfonamides is 1. The highest BCUT2D eigenvalue weighted by molar-refractivity contribution is 7.89. The van der Waals surface area contributed by atoms with Crippen molar-refractivity contribution in [1.82, 2.24) is 10.0 Å². The van der Waals surface area contributed by atoms with Crippen molar-refractivity contribution in [3.05, 3.63) is 0 Å². The van der Waals surface area contributed by atoms with Crippen LogP contribution >= 0.6 is 0 Å². The maximum atomic E-state index is 11.6. The van der Waals surface area contributed by atoms with Crippen LogP contribution in [-0.2, 0) is 14.8 Å². The van der Waals surface area contributed by atoms with E-state index in [0.717, 1.165) is 19.4 Å². The lowest BCUT2D eigenvalue weighted by molar-refractivity contribution is 0.163. The zero-order valence-corrected chi connectivity index (χ0v) is 10.8. The van der Waals surface area contributed by atoms with Gasteiger partial charge in [-0.15, -0.1) is 0 Å². The molecule has 0 aliphatic carbocycles. The van der Waals surface area contributed by atoms with Gasteiger partial charge in [0.15, 0.2) is 0 Å². The minimum absolute atomic E-state index is 0.0304. The Bertz CT molecular complexity index is 284. The molecule has 0 aromatic rings. The van der Waals surface area contributed by atoms with Crippen LogP contribution in [0.5, 0.6) is 0 Å². The number of hydrogen-bond acceptors (Lipinski definition) is 4. The standard InChI is InChI=1S/C10H22N2O3S/c1-3-15-6-7-16(13,14)12-10-5-4-9(2)11-8-10/h9-12H,3-8H2,1-2H3. The Hall–Kier alpha value is -0.170. The molecule has 16 heavy (non-hydrogen) atoms. The molecule has 0 aromatic carbocycles. The van der Waals surface area contributed by atoms with E-state index in [0.29, 0.717) is 12.6 Å². The molecule has 5 nitrogen and oxygen atoms in total. The van der Waals surface area contributed by atoms with E-state index >= 15 is 0 Å². The summed E-state index contributed by atoms with van der Waals surface area (Å²) in [6.07, 6.45) is 1.92. The average Bonchev–Trinajstić information content (AvgIpc) is 2.21. The summed E-state index contributed by atoms with van der Waals surface area (Å²) in [6.45, 7) is 5.50. The van der Waals surface area contributed by atoms with Crippen LogP contribution in [0.1, 0.15) is 26.7 Å². The molecule has 0 amide bonds. The van der Waals surface area contributed by atoms with E-state index in [1.165, 1.54) is 0 Å². The molecule has 2 N–H and O–H groups in total. The lowest BCUT2D eigenvalue weighted by Gasteiger charge is -2.28. The van der Waals surface area contributed by atoms with Crippen molar-refractivity contribution in [3.63, 3.8) is 0 Å². The van der Waals surface area contributed by atoms with Crippen molar-refractivity contribution in [2.24, 2.45) is 0 Å². The molecular weight excluding hydrogens is 228 g/mol. The predicted octanol–water partition coefficient (Wildman–Crippen LogP) is 0.0828. The SMILES string of the molecule is CCOCCS(=O)(=O)NC1CCC(C)NC1. The highest BCUT2D eigenvalue weighted by atomic mass is 32.2. The van der Waals surface area contributed by atoms with Gasteiger partial charge in [-0.3, -0.25) is 0 Å². The maximum absolute atomic E-state index is 11.6. The molecule has 1 aliphatic rings. The van der Waals surface area contributed by atoms with Gasteiger partial charge in [-0.25, -0.2) is 13.1 Å². The third-order valence-corrected chi connectivity index (χ3v) is 4.10. The highest BCUT2D eigenvalue weighted by Crippen LogP contribution is 2.08. The molecule has 0 saturated carbocycles. The van der Waals surface area contributed by atoms with E-state index in [1.54, 1.807) is 0 Å². The number of rotatable bonds is 6. The lowest BCUT2D eigenvalue weighted by atomic mass is 10.0. The zero-order chi connectivity index (χ0) is 12.0. The van der Waals surface area contributed by atoms with Gasteiger partial charge in [-0.2, -0.15) is 0 Å². The quantitative estimate of drug-likeness (QED) is 0.655. The van der Waals surface area contributed by atoms with Crippen LogP contribution in [0, 0.1) is 0 Å². The van der Waals surface area contributed by atoms with Gasteiger partial charge in [0.2, 0.25) is 10.0 Å². The third kappa shape index (κ3) is 5.25. The summed E-state index contributed by atoms with van der Waals surface area (Å²) in [5.41, 5.74) is 0. The van der Waals surface area contributed by atoms with E-state index in [1.807, 2.05) is 6.92 Å². The van der Waals surface area contributed by atoms with Gasteiger partial charge in [0, 0.05) is 25.2 Å². The van der Waals surface area contributed by atoms with Crippen molar-refractivity contribution in [1.29, 1.82) is 0 Å². The summed E-state index contributed by atoms with van der Waals surface area (Å²) in [6, 6.07) is 0.520. The van der Waals surface area contributed by atoms with Crippen molar-refractivity contribution in [2.75, 3.05) is 25.5 Å². The number of piperidine rings is 1. The lowest BCUT2D eigenvalue weighted by Crippen LogP contribution is -2.49. The molecule has 1 heterocycles. The minimum atomic E-state index is -3.19. The maximum Gasteiger partial charge on any atom is 0.214 e. The Kier molecular flexibility index (Phi) is 5.68. The topological polar surface area (TPSA) is 67.4 Å². The summed E-state index contributed by atoms with van der Waals surface area (Å²) in [7, 11) is -3.19. The fourth-order valence-electron chi connectivity index (χ4n) is 1.73. The minimum Gasteiger partial charge on any atom is -0.381 e. The normalized spacial score (nSPS) is 26.9. The zero-order valence-electron chi connectivity index (χ0n) is 10.0. The molecule has 1 saturated heterocycles. The molecule has 1 aliphatic heterocycles. The van der Waals surface area contributed by atoms with Crippen molar-refractivity contribution in [3.8, 4) is 0 Å². The summed E-state index contributed by atoms with van der Waals surface area (Å²) in [5, 5.41) is 3.26. The van der Waals surface area contributed by atoms with Gasteiger partial charge in [0.05, 0.1) is 12.4 Å². The van der Waals surface area contributed by atoms with Crippen molar-refractivity contribution in [2.45, 2.75) is 38.8 Å². The van der Waals surface area contributed by atoms with Gasteiger partial charge >= 0.3 is 0 Å². The molecule has 2 atom stereocenters. The first-order valence-corrected chi connectivity index (χ1v) is 7.50. The van der Waals surface area contributed by atoms with Crippen LogP contribution < -0.4 is 10.0 Å². The van der Waals surface area contributed by atoms with E-state index < -0.39 is 10.0 Å². The van der Waals surface area contributed by atoms with Gasteiger partial charge in [0.25, 0.3) is 0 Å². The predicted molar refractivity (Wildman–Crippen MR) is 63.9 cm³/mol. The summed E-state index contributed by atoms with van der Waals surface area (Å²) in [5.74, 6) is 0.0485. The van der Waals surface area contributed by atoms with Crippen LogP contribution in [0.3, 0.4) is 0 Å². The van der Waals surface area contributed by atoms with E-state index in [4.69, 9.17) is 4.74 Å². The first-order valence-electron chi connectivity index (χ1n) is 5.84. The molecular formula is C10H22N2O3S. The van der Waals surface area contributed by atoms with Gasteiger partial charge in [-0.1, -0.05) is 0 Å². The van der Waals surface area contributed by atoms with Crippen LogP contribution in [0.15, 0.2) is 0 Å². The number of hydrogen-bond donors (Lipinski definition) is 2. The molecule has 0 radical (unpaired) electrons. The van der Waals surface area contributed by atoms with Crippen molar-refractivity contribution < 1.29 is 13.2 Å². The first kappa shape index (κ1) is 13.9. The second kappa shape index (κ2) is 6.54. The van der Waals surface area contributed by atoms with Gasteiger partial charge < -0.3 is 10.1 Å². The molecule has 0 spiro atoms. The molecule has 1 rings (SSSR count). The van der Waals surface area contributed by atoms with E-state index in [2.05, 4.69) is 17.0 Å². The summed E-state index contributed by atoms with van der Waals surface area (Å²) >= 11 is 0. The fourth-order valence-corrected chi connectivity index (χ4v) is 2.89. The van der Waals surface area contributed by atoms with E-state index in [-0.39, 0.29) is 18.4 Å². The largest absolute Gasteiger partial charge is 0.381 e. The van der Waals surface area contributed by atoms with Crippen LogP contribution in [0.4, 0.5) is 0 Å². The third-order valence-electron chi connectivity index (χ3n) is 2.71. The fraction of sp³-hybridized carbons (Fsp3) is 1.00. The molecule has 2 unspecified atom stereocenters. The molecule has 6 heteroatoms. The number of nitrogens with one attached hydrogen (secondary N) is 2. The van der Waals surface area contributed by atoms with Crippen LogP contribution in [-0.4, -0.2) is 46.0 Å². The molecule has 96 valence electrons. The molecule has 0 bridgehead atoms. The smallest absolute Gasteiger partial charge is 0.214 e. The van der Waals surface area contributed by atoms with Gasteiger partial charge in [-0.05, 0) is 26.7 Å². The average molecular weight is 250 g/mol. The molecule has 0 aromatic heterocycles. The Morgan fingerprint density at radius 2 is 2.19 bits per heavy atom. The van der Waals surface area contributed by atoms with Crippen LogP contribution in [0.2, 0.25) is 0 Å². The van der Waals surface area contributed by atoms with E-state index in [9.17, 15) is 8.42 Å². The summed E-state index contributed by atoms with van der Waals surface area (Å²) in [4.78, 5) is 0. The number of ether oxygens (including phenoxy) is 1. The van der Waals surface area contributed by atoms with Gasteiger partial charge in [0.1, 0.15) is 0 Å². The highest BCUT2D eigenvalue weighted by Gasteiger charge is 2.22. The first-order chi connectivity index (χ1) is 7.53. The Morgan fingerprint density at radius 1 is 1.44 bits per heavy atom. The summed E-state index contributed by atoms with van der Waals surface area (Å²) < 4.78 is 31.0. The second-order valence-electron chi connectivity index (χ2n) is 4.22. The Labute approximate surface area is 98.0 Å². The second-order valence-corrected chi connectivity index (χ2v) is 6.09. The van der Waals surface area contributed by atoms with Crippen molar-refractivity contribution >= 4 is 10.0 Å². The Morgan fingerprint density at radius 3 is 2.75 bits per heavy atom. The molecule has 1 fully saturated rings. The van der Waals surface area contributed by atoms with Crippen LogP contribution in [0.25, 0.3) is 0 Å². The Balaban J connectivity index is 2.29. The monoisotopic (exact) mass is 250 g/mol.